The first kappa shape index (κ1) is 16.1. The van der Waals surface area contributed by atoms with Gasteiger partial charge in [0.05, 0.1) is 5.56 Å². The summed E-state index contributed by atoms with van der Waals surface area (Å²) in [6, 6.07) is 8.52. The Bertz CT molecular complexity index is 759. The van der Waals surface area contributed by atoms with Crippen molar-refractivity contribution in [1.82, 2.24) is 14.9 Å². The fraction of sp³-hybridized carbons (Fsp3) is 0.450. The summed E-state index contributed by atoms with van der Waals surface area (Å²) in [6.07, 6.45) is 6.66. The molecule has 3 heterocycles. The van der Waals surface area contributed by atoms with Gasteiger partial charge in [-0.05, 0) is 36.3 Å². The quantitative estimate of drug-likeness (QED) is 0.846. The SMILES string of the molecule is CC1CCCN(C(=O)c2cnc(N3CCc4ccccc4C3)nc2)C1. The molecule has 2 aromatic rings. The van der Waals surface area contributed by atoms with Crippen LogP contribution in [0.15, 0.2) is 36.7 Å². The van der Waals surface area contributed by atoms with E-state index in [1.807, 2.05) is 4.90 Å². The van der Waals surface area contributed by atoms with Crippen molar-refractivity contribution in [2.75, 3.05) is 24.5 Å². The molecule has 5 heteroatoms. The third kappa shape index (κ3) is 3.36. The third-order valence-corrected chi connectivity index (χ3v) is 5.24. The molecule has 1 aromatic heterocycles. The van der Waals surface area contributed by atoms with Gasteiger partial charge in [0.25, 0.3) is 5.91 Å². The van der Waals surface area contributed by atoms with Gasteiger partial charge in [-0.15, -0.1) is 0 Å². The summed E-state index contributed by atoms with van der Waals surface area (Å²) in [5, 5.41) is 0. The minimum atomic E-state index is 0.0575. The van der Waals surface area contributed by atoms with E-state index in [4.69, 9.17) is 0 Å². The molecule has 130 valence electrons. The Morgan fingerprint density at radius 1 is 1.12 bits per heavy atom. The van der Waals surface area contributed by atoms with Crippen molar-refractivity contribution in [3.05, 3.63) is 53.3 Å². The van der Waals surface area contributed by atoms with Gasteiger partial charge in [-0.3, -0.25) is 4.79 Å². The number of rotatable bonds is 2. The molecule has 5 nitrogen and oxygen atoms in total. The second kappa shape index (κ2) is 6.82. The van der Waals surface area contributed by atoms with Crippen LogP contribution in [0.25, 0.3) is 0 Å². The molecular formula is C20H24N4O. The van der Waals surface area contributed by atoms with Gasteiger partial charge in [-0.25, -0.2) is 9.97 Å². The van der Waals surface area contributed by atoms with Gasteiger partial charge in [0.1, 0.15) is 0 Å². The summed E-state index contributed by atoms with van der Waals surface area (Å²) in [5.41, 5.74) is 3.33. The van der Waals surface area contributed by atoms with Crippen molar-refractivity contribution in [3.63, 3.8) is 0 Å². The van der Waals surface area contributed by atoms with E-state index in [2.05, 4.69) is 46.1 Å². The number of hydrogen-bond acceptors (Lipinski definition) is 4. The number of amides is 1. The molecule has 0 N–H and O–H groups in total. The number of carbonyl (C=O) groups is 1. The summed E-state index contributed by atoms with van der Waals surface area (Å²) in [6.45, 7) is 5.62. The first-order chi connectivity index (χ1) is 12.2. The second-order valence-corrected chi connectivity index (χ2v) is 7.21. The molecule has 1 fully saturated rings. The van der Waals surface area contributed by atoms with Gasteiger partial charge < -0.3 is 9.80 Å². The van der Waals surface area contributed by atoms with E-state index in [1.54, 1.807) is 12.4 Å². The zero-order valence-corrected chi connectivity index (χ0v) is 14.7. The molecule has 2 aliphatic rings. The fourth-order valence-electron chi connectivity index (χ4n) is 3.82. The highest BCUT2D eigenvalue weighted by molar-refractivity contribution is 5.93. The number of benzene rings is 1. The van der Waals surface area contributed by atoms with Crippen LogP contribution in [-0.4, -0.2) is 40.4 Å². The smallest absolute Gasteiger partial charge is 0.257 e. The topological polar surface area (TPSA) is 49.3 Å². The van der Waals surface area contributed by atoms with Crippen molar-refractivity contribution >= 4 is 11.9 Å². The van der Waals surface area contributed by atoms with E-state index >= 15 is 0 Å². The zero-order chi connectivity index (χ0) is 17.2. The van der Waals surface area contributed by atoms with Gasteiger partial charge in [-0.1, -0.05) is 31.2 Å². The van der Waals surface area contributed by atoms with Gasteiger partial charge in [-0.2, -0.15) is 0 Å². The van der Waals surface area contributed by atoms with Crippen molar-refractivity contribution in [2.24, 2.45) is 5.92 Å². The minimum absolute atomic E-state index is 0.0575. The summed E-state index contributed by atoms with van der Waals surface area (Å²) in [7, 11) is 0. The lowest BCUT2D eigenvalue weighted by Gasteiger charge is -2.31. The molecule has 0 radical (unpaired) electrons. The number of carbonyl (C=O) groups excluding carboxylic acids is 1. The Kier molecular flexibility index (Phi) is 4.38. The standard InChI is InChI=1S/C20H24N4O/c1-15-5-4-9-23(13-15)19(25)18-11-21-20(22-12-18)24-10-8-16-6-2-3-7-17(16)14-24/h2-3,6-7,11-12,15H,4-5,8-10,13-14H2,1H3. The van der Waals surface area contributed by atoms with Crippen LogP contribution in [0.1, 0.15) is 41.3 Å². The molecule has 1 saturated heterocycles. The van der Waals surface area contributed by atoms with E-state index in [0.29, 0.717) is 17.4 Å². The predicted octanol–water partition coefficient (Wildman–Crippen LogP) is 2.91. The van der Waals surface area contributed by atoms with Crippen molar-refractivity contribution in [1.29, 1.82) is 0 Å². The van der Waals surface area contributed by atoms with E-state index in [0.717, 1.165) is 39.0 Å². The lowest BCUT2D eigenvalue weighted by Crippen LogP contribution is -2.39. The molecule has 0 bridgehead atoms. The second-order valence-electron chi connectivity index (χ2n) is 7.21. The molecule has 0 spiro atoms. The molecule has 1 atom stereocenters. The van der Waals surface area contributed by atoms with Crippen molar-refractivity contribution in [2.45, 2.75) is 32.7 Å². The minimum Gasteiger partial charge on any atom is -0.338 e. The van der Waals surface area contributed by atoms with Gasteiger partial charge in [0, 0.05) is 38.6 Å². The van der Waals surface area contributed by atoms with E-state index in [-0.39, 0.29) is 5.91 Å². The van der Waals surface area contributed by atoms with Crippen LogP contribution in [0.2, 0.25) is 0 Å². The highest BCUT2D eigenvalue weighted by atomic mass is 16.2. The lowest BCUT2D eigenvalue weighted by atomic mass is 10.00. The van der Waals surface area contributed by atoms with E-state index in [1.165, 1.54) is 17.5 Å². The summed E-state index contributed by atoms with van der Waals surface area (Å²) >= 11 is 0. The van der Waals surface area contributed by atoms with Crippen LogP contribution in [-0.2, 0) is 13.0 Å². The van der Waals surface area contributed by atoms with Crippen LogP contribution < -0.4 is 4.90 Å². The molecular weight excluding hydrogens is 312 g/mol. The van der Waals surface area contributed by atoms with Crippen molar-refractivity contribution in [3.8, 4) is 0 Å². The first-order valence-corrected chi connectivity index (χ1v) is 9.14. The Labute approximate surface area is 148 Å². The Morgan fingerprint density at radius 3 is 2.64 bits per heavy atom. The molecule has 4 rings (SSSR count). The number of hydrogen-bond donors (Lipinski definition) is 0. The van der Waals surface area contributed by atoms with Crippen LogP contribution in [0, 0.1) is 5.92 Å². The maximum Gasteiger partial charge on any atom is 0.257 e. The molecule has 1 aromatic carbocycles. The average molecular weight is 336 g/mol. The molecule has 1 unspecified atom stereocenters. The third-order valence-electron chi connectivity index (χ3n) is 5.24. The maximum absolute atomic E-state index is 12.6. The van der Waals surface area contributed by atoms with Gasteiger partial charge in [0.15, 0.2) is 0 Å². The predicted molar refractivity (Wildman–Crippen MR) is 97.5 cm³/mol. The van der Waals surface area contributed by atoms with Crippen LogP contribution in [0.5, 0.6) is 0 Å². The van der Waals surface area contributed by atoms with Crippen LogP contribution in [0.3, 0.4) is 0 Å². The highest BCUT2D eigenvalue weighted by Crippen LogP contribution is 2.22. The van der Waals surface area contributed by atoms with Crippen molar-refractivity contribution < 1.29 is 4.79 Å². The Balaban J connectivity index is 1.46. The van der Waals surface area contributed by atoms with Crippen LogP contribution in [0.4, 0.5) is 5.95 Å². The molecule has 2 aliphatic heterocycles. The summed E-state index contributed by atoms with van der Waals surface area (Å²) < 4.78 is 0. The number of likely N-dealkylation sites (tertiary alicyclic amines) is 1. The Hall–Kier alpha value is -2.43. The number of nitrogens with zero attached hydrogens (tertiary/aromatic N) is 4. The largest absolute Gasteiger partial charge is 0.338 e. The summed E-state index contributed by atoms with van der Waals surface area (Å²) in [5.74, 6) is 1.34. The monoisotopic (exact) mass is 336 g/mol. The number of piperidine rings is 1. The van der Waals surface area contributed by atoms with E-state index in [9.17, 15) is 4.79 Å². The molecule has 0 saturated carbocycles. The van der Waals surface area contributed by atoms with Gasteiger partial charge in [0.2, 0.25) is 5.95 Å². The van der Waals surface area contributed by atoms with Crippen LogP contribution >= 0.6 is 0 Å². The molecule has 0 aliphatic carbocycles. The van der Waals surface area contributed by atoms with Gasteiger partial charge >= 0.3 is 0 Å². The maximum atomic E-state index is 12.6. The first-order valence-electron chi connectivity index (χ1n) is 9.14. The molecule has 1 amide bonds. The Morgan fingerprint density at radius 2 is 1.88 bits per heavy atom. The zero-order valence-electron chi connectivity index (χ0n) is 14.7. The number of fused-ring (bicyclic) bond motifs is 1. The summed E-state index contributed by atoms with van der Waals surface area (Å²) in [4.78, 5) is 25.7. The highest BCUT2D eigenvalue weighted by Gasteiger charge is 2.23. The normalized spacial score (nSPS) is 20.3. The number of aromatic nitrogens is 2. The lowest BCUT2D eigenvalue weighted by molar-refractivity contribution is 0.0682. The fourth-order valence-corrected chi connectivity index (χ4v) is 3.82. The molecule has 25 heavy (non-hydrogen) atoms. The van der Waals surface area contributed by atoms with E-state index < -0.39 is 0 Å². The number of anilines is 1. The average Bonchev–Trinajstić information content (AvgIpc) is 2.67.